The lowest BCUT2D eigenvalue weighted by Gasteiger charge is -2.17. The smallest absolute Gasteiger partial charge is 0.254 e. The monoisotopic (exact) mass is 324 g/mol. The van der Waals surface area contributed by atoms with Gasteiger partial charge in [0.1, 0.15) is 5.69 Å². The molecule has 0 saturated carbocycles. The van der Waals surface area contributed by atoms with Crippen LogP contribution < -0.4 is 10.0 Å². The molecule has 4 nitrogen and oxygen atoms in total. The van der Waals surface area contributed by atoms with Crippen molar-refractivity contribution >= 4 is 27.1 Å². The number of para-hydroxylation sites is 1. The lowest BCUT2D eigenvalue weighted by Crippen LogP contribution is -2.13. The average Bonchev–Trinajstić information content (AvgIpc) is 2.49. The topological polar surface area (TPSA) is 58.2 Å². The molecule has 2 rings (SSSR count). The first-order valence-electron chi connectivity index (χ1n) is 6.30. The van der Waals surface area contributed by atoms with Crippen LogP contribution in [-0.4, -0.2) is 8.42 Å². The second kappa shape index (κ2) is 6.15. The Hall–Kier alpha value is -2.41. The number of sulfonamides is 1. The molecule has 0 unspecified atom stereocenters. The minimum atomic E-state index is -3.85. The molecule has 2 N–H and O–H groups in total. The normalized spacial score (nSPS) is 11.0. The molecule has 0 saturated heterocycles. The van der Waals surface area contributed by atoms with E-state index in [0.717, 1.165) is 6.07 Å². The van der Waals surface area contributed by atoms with Gasteiger partial charge in [-0.25, -0.2) is 17.2 Å². The highest BCUT2D eigenvalue weighted by Gasteiger charge is 2.19. The minimum absolute atomic E-state index is 0.0670. The van der Waals surface area contributed by atoms with Crippen LogP contribution in [0.4, 0.5) is 25.8 Å². The van der Waals surface area contributed by atoms with Crippen LogP contribution in [0.1, 0.15) is 5.56 Å². The maximum atomic E-state index is 14.1. The van der Waals surface area contributed by atoms with Crippen LogP contribution in [0.25, 0.3) is 0 Å². The van der Waals surface area contributed by atoms with Crippen molar-refractivity contribution in [1.29, 1.82) is 0 Å². The Morgan fingerprint density at radius 2 is 1.77 bits per heavy atom. The molecule has 0 radical (unpaired) electrons. The van der Waals surface area contributed by atoms with Crippen molar-refractivity contribution in [3.05, 3.63) is 65.6 Å². The molecular weight excluding hydrogens is 310 g/mol. The van der Waals surface area contributed by atoms with Gasteiger partial charge in [0, 0.05) is 11.1 Å². The Labute approximate surface area is 127 Å². The Bertz CT molecular complexity index is 806. The zero-order valence-corrected chi connectivity index (χ0v) is 12.5. The van der Waals surface area contributed by atoms with E-state index in [1.807, 2.05) is 0 Å². The summed E-state index contributed by atoms with van der Waals surface area (Å²) in [5.74, 6) is -2.24. The van der Waals surface area contributed by atoms with Gasteiger partial charge in [0.15, 0.2) is 11.6 Å². The Morgan fingerprint density at radius 3 is 2.36 bits per heavy atom. The second-order valence-corrected chi connectivity index (χ2v) is 6.17. The second-order valence-electron chi connectivity index (χ2n) is 4.54. The molecule has 0 fully saturated rings. The molecule has 0 aliphatic rings. The third-order valence-corrected chi connectivity index (χ3v) is 3.85. The largest absolute Gasteiger partial charge is 0.351 e. The molecule has 0 aliphatic heterocycles. The number of halogens is 2. The predicted octanol–water partition coefficient (Wildman–Crippen LogP) is 3.90. The Kier molecular flexibility index (Phi) is 4.46. The van der Waals surface area contributed by atoms with Gasteiger partial charge in [0.2, 0.25) is 0 Å². The summed E-state index contributed by atoms with van der Waals surface area (Å²) in [5, 5.41) is 3.39. The highest BCUT2D eigenvalue weighted by molar-refractivity contribution is 7.95. The van der Waals surface area contributed by atoms with Gasteiger partial charge in [0.25, 0.3) is 10.0 Å². The molecule has 7 heteroatoms. The van der Waals surface area contributed by atoms with Gasteiger partial charge in [-0.2, -0.15) is 0 Å². The molecule has 0 aromatic heterocycles. The number of hydrogen-bond acceptors (Lipinski definition) is 3. The van der Waals surface area contributed by atoms with E-state index in [0.29, 0.717) is 11.1 Å². The summed E-state index contributed by atoms with van der Waals surface area (Å²) >= 11 is 0. The molecule has 0 amide bonds. The first kappa shape index (κ1) is 16.0. The SMILES string of the molecule is C=CS(=O)(=O)Nc1c(C)cc(F)c(F)c1Nc1ccccc1. The molecule has 0 spiro atoms. The van der Waals surface area contributed by atoms with E-state index < -0.39 is 21.7 Å². The zero-order valence-electron chi connectivity index (χ0n) is 11.7. The van der Waals surface area contributed by atoms with Crippen molar-refractivity contribution < 1.29 is 17.2 Å². The lowest BCUT2D eigenvalue weighted by atomic mass is 10.1. The van der Waals surface area contributed by atoms with E-state index in [9.17, 15) is 17.2 Å². The van der Waals surface area contributed by atoms with Crippen LogP contribution in [-0.2, 0) is 10.0 Å². The fourth-order valence-electron chi connectivity index (χ4n) is 1.85. The fraction of sp³-hybridized carbons (Fsp3) is 0.0667. The van der Waals surface area contributed by atoms with Crippen LogP contribution in [0.5, 0.6) is 0 Å². The number of nitrogens with one attached hydrogen (secondary N) is 2. The minimum Gasteiger partial charge on any atom is -0.351 e. The van der Waals surface area contributed by atoms with Crippen LogP contribution in [0.15, 0.2) is 48.4 Å². The number of benzene rings is 2. The van der Waals surface area contributed by atoms with Crippen LogP contribution in [0, 0.1) is 18.6 Å². The van der Waals surface area contributed by atoms with Crippen molar-refractivity contribution in [1.82, 2.24) is 0 Å². The summed E-state index contributed by atoms with van der Waals surface area (Å²) in [5.41, 5.74) is 0.380. The van der Waals surface area contributed by atoms with Gasteiger partial charge in [-0.05, 0) is 30.7 Å². The maximum absolute atomic E-state index is 14.1. The van der Waals surface area contributed by atoms with Gasteiger partial charge >= 0.3 is 0 Å². The van der Waals surface area contributed by atoms with Crippen molar-refractivity contribution in [3.8, 4) is 0 Å². The highest BCUT2D eigenvalue weighted by Crippen LogP contribution is 2.34. The highest BCUT2D eigenvalue weighted by atomic mass is 32.2. The van der Waals surface area contributed by atoms with Gasteiger partial charge in [-0.1, -0.05) is 24.8 Å². The van der Waals surface area contributed by atoms with Gasteiger partial charge in [0.05, 0.1) is 5.69 Å². The molecule has 22 heavy (non-hydrogen) atoms. The summed E-state index contributed by atoms with van der Waals surface area (Å²) < 4.78 is 53.2. The molecule has 0 atom stereocenters. The maximum Gasteiger partial charge on any atom is 0.254 e. The van der Waals surface area contributed by atoms with Crippen LogP contribution in [0.3, 0.4) is 0 Å². The van der Waals surface area contributed by atoms with E-state index in [1.54, 1.807) is 30.3 Å². The van der Waals surface area contributed by atoms with E-state index in [1.165, 1.54) is 6.92 Å². The van der Waals surface area contributed by atoms with E-state index in [2.05, 4.69) is 16.6 Å². The summed E-state index contributed by atoms with van der Waals surface area (Å²) in [4.78, 5) is 0. The number of hydrogen-bond donors (Lipinski definition) is 2. The van der Waals surface area contributed by atoms with Crippen molar-refractivity contribution in [2.75, 3.05) is 10.0 Å². The van der Waals surface area contributed by atoms with Crippen molar-refractivity contribution in [3.63, 3.8) is 0 Å². The van der Waals surface area contributed by atoms with E-state index in [-0.39, 0.29) is 16.9 Å². The quantitative estimate of drug-likeness (QED) is 0.877. The standard InChI is InChI=1S/C15H14F2N2O2S/c1-3-22(20,21)19-14-10(2)9-12(16)13(17)15(14)18-11-7-5-4-6-8-11/h3-9,18-19H,1H2,2H3. The van der Waals surface area contributed by atoms with E-state index >= 15 is 0 Å². The number of rotatable bonds is 5. The van der Waals surface area contributed by atoms with Gasteiger partial charge in [-0.15, -0.1) is 0 Å². The molecule has 2 aromatic rings. The Morgan fingerprint density at radius 1 is 1.14 bits per heavy atom. The molecule has 0 bridgehead atoms. The van der Waals surface area contributed by atoms with Crippen LogP contribution >= 0.6 is 0 Å². The summed E-state index contributed by atoms with van der Waals surface area (Å²) in [6.45, 7) is 4.64. The fourth-order valence-corrected chi connectivity index (χ4v) is 2.48. The van der Waals surface area contributed by atoms with Crippen LogP contribution in [0.2, 0.25) is 0 Å². The summed E-state index contributed by atoms with van der Waals surface area (Å²) in [7, 11) is -3.85. The molecule has 0 heterocycles. The number of anilines is 3. The molecule has 2 aromatic carbocycles. The number of aryl methyl sites for hydroxylation is 1. The van der Waals surface area contributed by atoms with Gasteiger partial charge in [-0.3, -0.25) is 4.72 Å². The first-order valence-corrected chi connectivity index (χ1v) is 7.84. The molecule has 116 valence electrons. The average molecular weight is 324 g/mol. The summed E-state index contributed by atoms with van der Waals surface area (Å²) in [6.07, 6.45) is 0. The molecular formula is C15H14F2N2O2S. The predicted molar refractivity (Wildman–Crippen MR) is 83.6 cm³/mol. The summed E-state index contributed by atoms with van der Waals surface area (Å²) in [6, 6.07) is 9.39. The lowest BCUT2D eigenvalue weighted by molar-refractivity contribution is 0.511. The van der Waals surface area contributed by atoms with Gasteiger partial charge < -0.3 is 5.32 Å². The third-order valence-electron chi connectivity index (χ3n) is 2.92. The van der Waals surface area contributed by atoms with Crippen molar-refractivity contribution in [2.24, 2.45) is 0 Å². The molecule has 0 aliphatic carbocycles. The van der Waals surface area contributed by atoms with E-state index in [4.69, 9.17) is 0 Å². The van der Waals surface area contributed by atoms with Crippen molar-refractivity contribution in [2.45, 2.75) is 6.92 Å². The first-order chi connectivity index (χ1) is 10.3. The zero-order chi connectivity index (χ0) is 16.3. The third kappa shape index (κ3) is 3.43. The Balaban J connectivity index is 2.57.